The number of hydrogen-bond acceptors (Lipinski definition) is 2. The highest BCUT2D eigenvalue weighted by molar-refractivity contribution is 6.30. The van der Waals surface area contributed by atoms with Gasteiger partial charge >= 0.3 is 6.18 Å². The molecule has 2 aromatic carbocycles. The van der Waals surface area contributed by atoms with Crippen molar-refractivity contribution in [1.29, 1.82) is 0 Å². The van der Waals surface area contributed by atoms with Gasteiger partial charge in [-0.3, -0.25) is 4.79 Å². The number of ether oxygens (including phenoxy) is 1. The van der Waals surface area contributed by atoms with Crippen LogP contribution in [0.25, 0.3) is 0 Å². The summed E-state index contributed by atoms with van der Waals surface area (Å²) in [6.45, 7) is 1.54. The number of anilines is 1. The summed E-state index contributed by atoms with van der Waals surface area (Å²) in [7, 11) is 0. The van der Waals surface area contributed by atoms with Gasteiger partial charge in [0.2, 0.25) is 0 Å². The largest absolute Gasteiger partial charge is 0.483 e. The summed E-state index contributed by atoms with van der Waals surface area (Å²) in [6.07, 6.45) is -3.91. The van der Waals surface area contributed by atoms with Crippen LogP contribution in [0, 0.1) is 0 Å². The van der Waals surface area contributed by atoms with E-state index in [-0.39, 0.29) is 10.7 Å². The number of aryl methyl sites for hydroxylation is 1. The van der Waals surface area contributed by atoms with E-state index in [1.165, 1.54) is 6.07 Å². The molecule has 0 saturated heterocycles. The molecule has 0 spiro atoms. The van der Waals surface area contributed by atoms with Gasteiger partial charge in [-0.15, -0.1) is 0 Å². The summed E-state index contributed by atoms with van der Waals surface area (Å²) in [5, 5.41) is 2.15. The Balaban J connectivity index is 2.08. The van der Waals surface area contributed by atoms with E-state index >= 15 is 0 Å². The Morgan fingerprint density at radius 2 is 1.92 bits per heavy atom. The van der Waals surface area contributed by atoms with Crippen molar-refractivity contribution in [2.24, 2.45) is 0 Å². The molecular formula is C17H15ClF3NO2. The molecule has 3 nitrogen and oxygen atoms in total. The molecule has 0 unspecified atom stereocenters. The summed E-state index contributed by atoms with van der Waals surface area (Å²) in [5.74, 6) is -0.156. The van der Waals surface area contributed by atoms with Crippen LogP contribution in [0.2, 0.25) is 5.02 Å². The lowest BCUT2D eigenvalue weighted by Crippen LogP contribution is -2.22. The number of para-hydroxylation sites is 1. The highest BCUT2D eigenvalue weighted by atomic mass is 35.5. The van der Waals surface area contributed by atoms with E-state index < -0.39 is 24.3 Å². The molecule has 0 radical (unpaired) electrons. The van der Waals surface area contributed by atoms with Crippen molar-refractivity contribution in [3.8, 4) is 5.75 Å². The van der Waals surface area contributed by atoms with E-state index in [1.54, 1.807) is 12.1 Å². The van der Waals surface area contributed by atoms with Gasteiger partial charge in [-0.1, -0.05) is 36.7 Å². The third-order valence-corrected chi connectivity index (χ3v) is 3.51. The number of halogens is 4. The summed E-state index contributed by atoms with van der Waals surface area (Å²) >= 11 is 5.60. The minimum atomic E-state index is -4.62. The molecule has 0 aliphatic carbocycles. The number of hydrogen-bond donors (Lipinski definition) is 1. The van der Waals surface area contributed by atoms with E-state index in [0.29, 0.717) is 12.2 Å². The van der Waals surface area contributed by atoms with Crippen LogP contribution < -0.4 is 10.1 Å². The maximum atomic E-state index is 13.0. The molecule has 128 valence electrons. The summed E-state index contributed by atoms with van der Waals surface area (Å²) in [5.41, 5.74) is -0.450. The first-order valence-electron chi connectivity index (χ1n) is 7.18. The van der Waals surface area contributed by atoms with E-state index in [9.17, 15) is 18.0 Å². The molecule has 2 aromatic rings. The molecule has 1 N–H and O–H groups in total. The molecule has 7 heteroatoms. The van der Waals surface area contributed by atoms with Crippen molar-refractivity contribution >= 4 is 23.2 Å². The van der Waals surface area contributed by atoms with Gasteiger partial charge in [-0.2, -0.15) is 13.2 Å². The summed E-state index contributed by atoms with van der Waals surface area (Å²) in [4.78, 5) is 11.9. The van der Waals surface area contributed by atoms with Gasteiger partial charge in [0.1, 0.15) is 5.75 Å². The molecule has 24 heavy (non-hydrogen) atoms. The topological polar surface area (TPSA) is 38.3 Å². The Morgan fingerprint density at radius 3 is 2.58 bits per heavy atom. The summed E-state index contributed by atoms with van der Waals surface area (Å²) < 4.78 is 44.4. The number of carbonyl (C=O) groups excluding carboxylic acids is 1. The zero-order chi connectivity index (χ0) is 17.7. The number of benzene rings is 2. The number of rotatable bonds is 5. The van der Waals surface area contributed by atoms with Crippen LogP contribution in [-0.4, -0.2) is 12.5 Å². The number of carbonyl (C=O) groups is 1. The predicted molar refractivity (Wildman–Crippen MR) is 86.4 cm³/mol. The standard InChI is InChI=1S/C17H15ClF3NO2/c1-2-11-5-3-4-6-15(11)24-10-16(23)22-14-8-7-12(18)9-13(14)17(19,20)21/h3-9H,2,10H2,1H3,(H,22,23). The molecule has 0 aliphatic rings. The number of nitrogens with one attached hydrogen (secondary N) is 1. The van der Waals surface area contributed by atoms with Crippen LogP contribution >= 0.6 is 11.6 Å². The van der Waals surface area contributed by atoms with E-state index in [0.717, 1.165) is 17.7 Å². The molecule has 0 atom stereocenters. The number of alkyl halides is 3. The second-order valence-corrected chi connectivity index (χ2v) is 5.42. The monoisotopic (exact) mass is 357 g/mol. The van der Waals surface area contributed by atoms with E-state index in [4.69, 9.17) is 16.3 Å². The van der Waals surface area contributed by atoms with Crippen LogP contribution in [0.15, 0.2) is 42.5 Å². The molecular weight excluding hydrogens is 343 g/mol. The minimum Gasteiger partial charge on any atom is -0.483 e. The van der Waals surface area contributed by atoms with E-state index in [2.05, 4.69) is 5.32 Å². The third kappa shape index (κ3) is 4.64. The predicted octanol–water partition coefficient (Wildman–Crippen LogP) is 4.94. The molecule has 1 amide bonds. The van der Waals surface area contributed by atoms with Gasteiger partial charge in [-0.05, 0) is 36.2 Å². The van der Waals surface area contributed by atoms with Gasteiger partial charge in [0.05, 0.1) is 11.3 Å². The maximum absolute atomic E-state index is 13.0. The maximum Gasteiger partial charge on any atom is 0.418 e. The zero-order valence-corrected chi connectivity index (χ0v) is 13.5. The van der Waals surface area contributed by atoms with Crippen molar-refractivity contribution < 1.29 is 22.7 Å². The van der Waals surface area contributed by atoms with Gasteiger partial charge in [0.15, 0.2) is 6.61 Å². The lowest BCUT2D eigenvalue weighted by atomic mass is 10.1. The quantitative estimate of drug-likeness (QED) is 0.823. The Kier molecular flexibility index (Phi) is 5.72. The lowest BCUT2D eigenvalue weighted by molar-refractivity contribution is -0.137. The molecule has 2 rings (SSSR count). The highest BCUT2D eigenvalue weighted by Gasteiger charge is 2.34. The minimum absolute atomic E-state index is 0.0616. The van der Waals surface area contributed by atoms with Crippen LogP contribution in [0.1, 0.15) is 18.1 Å². The zero-order valence-electron chi connectivity index (χ0n) is 12.8. The normalized spacial score (nSPS) is 11.2. The average molecular weight is 358 g/mol. The third-order valence-electron chi connectivity index (χ3n) is 3.27. The van der Waals surface area contributed by atoms with Gasteiger partial charge < -0.3 is 10.1 Å². The molecule has 0 fully saturated rings. The number of amides is 1. The average Bonchev–Trinajstić information content (AvgIpc) is 2.54. The van der Waals surface area contributed by atoms with Gasteiger partial charge in [0, 0.05) is 5.02 Å². The van der Waals surface area contributed by atoms with Crippen molar-refractivity contribution in [1.82, 2.24) is 0 Å². The Morgan fingerprint density at radius 1 is 1.21 bits per heavy atom. The van der Waals surface area contributed by atoms with E-state index in [1.807, 2.05) is 19.1 Å². The first kappa shape index (κ1) is 18.1. The summed E-state index contributed by atoms with van der Waals surface area (Å²) in [6, 6.07) is 10.3. The van der Waals surface area contributed by atoms with Crippen molar-refractivity contribution in [3.05, 3.63) is 58.6 Å². The molecule has 0 bridgehead atoms. The Bertz CT molecular complexity index is 732. The van der Waals surface area contributed by atoms with Crippen molar-refractivity contribution in [3.63, 3.8) is 0 Å². The highest BCUT2D eigenvalue weighted by Crippen LogP contribution is 2.36. The SMILES string of the molecule is CCc1ccccc1OCC(=O)Nc1ccc(Cl)cc1C(F)(F)F. The fraction of sp³-hybridized carbons (Fsp3) is 0.235. The van der Waals surface area contributed by atoms with Crippen LogP contribution in [0.3, 0.4) is 0 Å². The fourth-order valence-electron chi connectivity index (χ4n) is 2.13. The molecule has 0 heterocycles. The smallest absolute Gasteiger partial charge is 0.418 e. The van der Waals surface area contributed by atoms with Crippen LogP contribution in [-0.2, 0) is 17.4 Å². The second-order valence-electron chi connectivity index (χ2n) is 4.99. The Labute approximate surface area is 142 Å². The van der Waals surface area contributed by atoms with Crippen LogP contribution in [0.4, 0.5) is 18.9 Å². The molecule has 0 saturated carbocycles. The molecule has 0 aliphatic heterocycles. The van der Waals surface area contributed by atoms with Gasteiger partial charge in [0.25, 0.3) is 5.91 Å². The Hall–Kier alpha value is -2.21. The molecule has 0 aromatic heterocycles. The first-order chi connectivity index (χ1) is 11.3. The van der Waals surface area contributed by atoms with Crippen molar-refractivity contribution in [2.45, 2.75) is 19.5 Å². The van der Waals surface area contributed by atoms with Crippen molar-refractivity contribution in [2.75, 3.05) is 11.9 Å². The van der Waals surface area contributed by atoms with Crippen LogP contribution in [0.5, 0.6) is 5.75 Å². The van der Waals surface area contributed by atoms with Gasteiger partial charge in [-0.25, -0.2) is 0 Å². The lowest BCUT2D eigenvalue weighted by Gasteiger charge is -2.15. The first-order valence-corrected chi connectivity index (χ1v) is 7.56. The second kappa shape index (κ2) is 7.57. The fourth-order valence-corrected chi connectivity index (χ4v) is 2.30.